The lowest BCUT2D eigenvalue weighted by molar-refractivity contribution is 0.0974. The van der Waals surface area contributed by atoms with Crippen LogP contribution in [-0.2, 0) is 16.6 Å². The number of sulfonamides is 1. The van der Waals surface area contributed by atoms with E-state index in [0.717, 1.165) is 24.9 Å². The number of benzene rings is 2. The third kappa shape index (κ3) is 6.00. The average Bonchev–Trinajstić information content (AvgIpc) is 3.33. The van der Waals surface area contributed by atoms with Gasteiger partial charge in [0.25, 0.3) is 0 Å². The van der Waals surface area contributed by atoms with E-state index in [2.05, 4.69) is 39.3 Å². The maximum absolute atomic E-state index is 13.0. The largest absolute Gasteiger partial charge is 0.287 e. The van der Waals surface area contributed by atoms with E-state index in [1.165, 1.54) is 24.1 Å². The van der Waals surface area contributed by atoms with Gasteiger partial charge in [0.2, 0.25) is 10.0 Å². The summed E-state index contributed by atoms with van der Waals surface area (Å²) in [5.41, 5.74) is 1.13. The van der Waals surface area contributed by atoms with Gasteiger partial charge in [-0.25, -0.2) is 13.1 Å². The molecule has 1 saturated carbocycles. The van der Waals surface area contributed by atoms with Crippen LogP contribution in [0.1, 0.15) is 48.6 Å². The molecule has 1 aliphatic rings. The molecule has 1 unspecified atom stereocenters. The second-order valence-corrected chi connectivity index (χ2v) is 11.5. The highest BCUT2D eigenvalue weighted by Gasteiger charge is 2.30. The molecule has 3 aromatic rings. The molecule has 1 aromatic heterocycles. The second-order valence-electron chi connectivity index (χ2n) is 8.28. The van der Waals surface area contributed by atoms with Gasteiger partial charge in [-0.2, -0.15) is 0 Å². The van der Waals surface area contributed by atoms with Crippen LogP contribution in [0.3, 0.4) is 0 Å². The summed E-state index contributed by atoms with van der Waals surface area (Å²) < 4.78 is 28.9. The van der Waals surface area contributed by atoms with Crippen LogP contribution in [0.2, 0.25) is 5.02 Å². The summed E-state index contributed by atoms with van der Waals surface area (Å²) in [7, 11) is -3.64. The molecule has 1 aliphatic carbocycles. The summed E-state index contributed by atoms with van der Waals surface area (Å²) >= 11 is 7.70. The van der Waals surface area contributed by atoms with Crippen molar-refractivity contribution in [3.63, 3.8) is 0 Å². The summed E-state index contributed by atoms with van der Waals surface area (Å²) in [6.45, 7) is 1.14. The van der Waals surface area contributed by atoms with Crippen molar-refractivity contribution in [2.75, 3.05) is 6.54 Å². The zero-order chi connectivity index (χ0) is 22.4. The first-order valence-electron chi connectivity index (χ1n) is 11.1. The Morgan fingerprint density at radius 3 is 2.34 bits per heavy atom. The molecule has 7 heteroatoms. The van der Waals surface area contributed by atoms with Crippen LogP contribution in [-0.4, -0.2) is 25.9 Å². The molecule has 1 N–H and O–H groups in total. The highest BCUT2D eigenvalue weighted by Crippen LogP contribution is 2.33. The van der Waals surface area contributed by atoms with Gasteiger partial charge in [0.1, 0.15) is 0 Å². The Hall–Kier alpha value is -1.70. The van der Waals surface area contributed by atoms with Crippen molar-refractivity contribution in [3.8, 4) is 0 Å². The standard InChI is InChI=1S/C25H29ClN2O2S2/c26-21-13-15-24(16-14-21)32(29,30)27-18-25(20-8-3-1-4-9-20)28(19-23-12-7-17-31-23)22-10-5-2-6-11-22/h1,3-4,7-9,12-17,22,25,27H,2,5-6,10-11,18-19H2. The van der Waals surface area contributed by atoms with Gasteiger partial charge in [-0.05, 0) is 54.1 Å². The fourth-order valence-corrected chi connectivity index (χ4v) is 6.35. The zero-order valence-corrected chi connectivity index (χ0v) is 20.4. The lowest BCUT2D eigenvalue weighted by atomic mass is 9.91. The van der Waals surface area contributed by atoms with Gasteiger partial charge < -0.3 is 0 Å². The van der Waals surface area contributed by atoms with Gasteiger partial charge in [-0.3, -0.25) is 4.90 Å². The van der Waals surface area contributed by atoms with Crippen LogP contribution >= 0.6 is 22.9 Å². The molecule has 1 atom stereocenters. The number of nitrogens with one attached hydrogen (secondary N) is 1. The highest BCUT2D eigenvalue weighted by atomic mass is 35.5. The molecule has 1 heterocycles. The Bertz CT molecular complexity index is 1060. The van der Waals surface area contributed by atoms with Crippen molar-refractivity contribution < 1.29 is 8.42 Å². The van der Waals surface area contributed by atoms with E-state index in [0.29, 0.717) is 17.6 Å². The first kappa shape index (κ1) is 23.5. The maximum atomic E-state index is 13.0. The molecule has 0 amide bonds. The van der Waals surface area contributed by atoms with E-state index < -0.39 is 10.0 Å². The molecule has 2 aromatic carbocycles. The fourth-order valence-electron chi connectivity index (χ4n) is 4.48. The highest BCUT2D eigenvalue weighted by molar-refractivity contribution is 7.89. The van der Waals surface area contributed by atoms with E-state index >= 15 is 0 Å². The van der Waals surface area contributed by atoms with Gasteiger partial charge in [0.05, 0.1) is 4.90 Å². The van der Waals surface area contributed by atoms with Gasteiger partial charge in [0.15, 0.2) is 0 Å². The minimum absolute atomic E-state index is 0.0523. The molecule has 0 spiro atoms. The lowest BCUT2D eigenvalue weighted by Crippen LogP contribution is -2.44. The second kappa shape index (κ2) is 10.9. The predicted molar refractivity (Wildman–Crippen MR) is 133 cm³/mol. The Morgan fingerprint density at radius 2 is 1.69 bits per heavy atom. The minimum atomic E-state index is -3.64. The van der Waals surface area contributed by atoms with Crippen molar-refractivity contribution in [1.82, 2.24) is 9.62 Å². The van der Waals surface area contributed by atoms with E-state index in [1.807, 2.05) is 18.2 Å². The smallest absolute Gasteiger partial charge is 0.240 e. The Kier molecular flexibility index (Phi) is 8.02. The van der Waals surface area contributed by atoms with Crippen LogP contribution in [0.5, 0.6) is 0 Å². The van der Waals surface area contributed by atoms with Gasteiger partial charge in [-0.15, -0.1) is 11.3 Å². The number of halogens is 1. The summed E-state index contributed by atoms with van der Waals surface area (Å²) in [6, 6.07) is 21.2. The third-order valence-electron chi connectivity index (χ3n) is 6.14. The van der Waals surface area contributed by atoms with Gasteiger partial charge in [-0.1, -0.05) is 67.3 Å². The van der Waals surface area contributed by atoms with E-state index in [-0.39, 0.29) is 10.9 Å². The molecule has 4 nitrogen and oxygen atoms in total. The number of hydrogen-bond donors (Lipinski definition) is 1. The molecule has 0 aliphatic heterocycles. The van der Waals surface area contributed by atoms with E-state index in [1.54, 1.807) is 35.6 Å². The number of nitrogens with zero attached hydrogens (tertiary/aromatic N) is 1. The Balaban J connectivity index is 1.62. The first-order valence-corrected chi connectivity index (χ1v) is 13.9. The van der Waals surface area contributed by atoms with Gasteiger partial charge in [0, 0.05) is 35.1 Å². The quantitative estimate of drug-likeness (QED) is 0.387. The zero-order valence-electron chi connectivity index (χ0n) is 18.0. The third-order valence-corrected chi connectivity index (χ3v) is 8.69. The number of rotatable bonds is 9. The van der Waals surface area contributed by atoms with Crippen molar-refractivity contribution >= 4 is 33.0 Å². The number of thiophene rings is 1. The van der Waals surface area contributed by atoms with Crippen LogP contribution in [0.25, 0.3) is 0 Å². The first-order chi connectivity index (χ1) is 15.5. The average molecular weight is 489 g/mol. The van der Waals surface area contributed by atoms with E-state index in [4.69, 9.17) is 11.6 Å². The fraction of sp³-hybridized carbons (Fsp3) is 0.360. The van der Waals surface area contributed by atoms with Crippen molar-refractivity contribution in [2.24, 2.45) is 0 Å². The van der Waals surface area contributed by atoms with Crippen LogP contribution in [0.15, 0.2) is 77.0 Å². The topological polar surface area (TPSA) is 49.4 Å². The monoisotopic (exact) mass is 488 g/mol. The summed E-state index contributed by atoms with van der Waals surface area (Å²) in [5, 5.41) is 2.63. The van der Waals surface area contributed by atoms with Crippen LogP contribution < -0.4 is 4.72 Å². The lowest BCUT2D eigenvalue weighted by Gasteiger charge is -2.40. The van der Waals surface area contributed by atoms with Crippen LogP contribution in [0.4, 0.5) is 0 Å². The molecule has 0 bridgehead atoms. The molecule has 170 valence electrons. The van der Waals surface area contributed by atoms with Crippen molar-refractivity contribution in [2.45, 2.75) is 55.6 Å². The number of hydrogen-bond acceptors (Lipinski definition) is 4. The SMILES string of the molecule is O=S(=O)(NCC(c1ccccc1)N(Cc1cccs1)C1CCCCC1)c1ccc(Cl)cc1. The normalized spacial score (nSPS) is 16.3. The molecular weight excluding hydrogens is 460 g/mol. The van der Waals surface area contributed by atoms with Crippen molar-refractivity contribution in [3.05, 3.63) is 87.6 Å². The summed E-state index contributed by atoms with van der Waals surface area (Å²) in [5.74, 6) is 0. The molecular formula is C25H29ClN2O2S2. The van der Waals surface area contributed by atoms with Gasteiger partial charge >= 0.3 is 0 Å². The molecule has 4 rings (SSSR count). The molecule has 0 saturated heterocycles. The minimum Gasteiger partial charge on any atom is -0.287 e. The Morgan fingerprint density at radius 1 is 0.969 bits per heavy atom. The predicted octanol–water partition coefficient (Wildman–Crippen LogP) is 6.26. The molecule has 32 heavy (non-hydrogen) atoms. The molecule has 0 radical (unpaired) electrons. The summed E-state index contributed by atoms with van der Waals surface area (Å²) in [4.78, 5) is 4.05. The molecule has 1 fully saturated rings. The van der Waals surface area contributed by atoms with Crippen molar-refractivity contribution in [1.29, 1.82) is 0 Å². The Labute approximate surface area is 200 Å². The summed E-state index contributed by atoms with van der Waals surface area (Å²) in [6.07, 6.45) is 6.03. The van der Waals surface area contributed by atoms with E-state index in [9.17, 15) is 8.42 Å². The van der Waals surface area contributed by atoms with Crippen LogP contribution in [0, 0.1) is 0 Å². The maximum Gasteiger partial charge on any atom is 0.240 e.